The van der Waals surface area contributed by atoms with E-state index in [-0.39, 0.29) is 18.0 Å². The van der Waals surface area contributed by atoms with Crippen molar-refractivity contribution in [2.24, 2.45) is 0 Å². The number of halogens is 1. The van der Waals surface area contributed by atoms with Crippen LogP contribution in [0.25, 0.3) is 5.69 Å². The summed E-state index contributed by atoms with van der Waals surface area (Å²) in [7, 11) is 0. The molecule has 0 aliphatic heterocycles. The van der Waals surface area contributed by atoms with Gasteiger partial charge in [0.05, 0.1) is 11.4 Å². The Labute approximate surface area is 144 Å². The van der Waals surface area contributed by atoms with Crippen LogP contribution < -0.4 is 5.32 Å². The maximum atomic E-state index is 12.3. The number of carbonyl (C=O) groups excluding carboxylic acids is 1. The van der Waals surface area contributed by atoms with Crippen molar-refractivity contribution in [3.63, 3.8) is 0 Å². The molecule has 2 rings (SSSR count). The summed E-state index contributed by atoms with van der Waals surface area (Å²) in [5.74, 6) is -1.14. The number of rotatable bonds is 8. The molecular formula is C16H19ClN4O3. The van der Waals surface area contributed by atoms with Crippen molar-refractivity contribution in [1.82, 2.24) is 20.3 Å². The number of benzene rings is 1. The van der Waals surface area contributed by atoms with Gasteiger partial charge in [0.15, 0.2) is 5.69 Å². The van der Waals surface area contributed by atoms with Crippen LogP contribution in [0.4, 0.5) is 0 Å². The summed E-state index contributed by atoms with van der Waals surface area (Å²) in [6.45, 7) is 2.32. The quantitative estimate of drug-likeness (QED) is 0.713. The SMILES string of the molecule is CCc1c(C(=O)NCCCCC(=O)O)nnn1-c1cccc(Cl)c1. The molecule has 1 heterocycles. The molecule has 24 heavy (non-hydrogen) atoms. The van der Waals surface area contributed by atoms with Crippen molar-refractivity contribution >= 4 is 23.5 Å². The zero-order chi connectivity index (χ0) is 17.5. The fourth-order valence-corrected chi connectivity index (χ4v) is 2.48. The van der Waals surface area contributed by atoms with Crippen LogP contribution in [-0.2, 0) is 11.2 Å². The third kappa shape index (κ3) is 4.55. The average molecular weight is 351 g/mol. The summed E-state index contributed by atoms with van der Waals surface area (Å²) in [4.78, 5) is 22.7. The Kier molecular flexibility index (Phi) is 6.31. The molecule has 0 unspecified atom stereocenters. The lowest BCUT2D eigenvalue weighted by molar-refractivity contribution is -0.137. The molecular weight excluding hydrogens is 332 g/mol. The van der Waals surface area contributed by atoms with E-state index in [2.05, 4.69) is 15.6 Å². The van der Waals surface area contributed by atoms with E-state index in [1.807, 2.05) is 13.0 Å². The first-order valence-corrected chi connectivity index (χ1v) is 8.11. The van der Waals surface area contributed by atoms with E-state index in [9.17, 15) is 9.59 Å². The van der Waals surface area contributed by atoms with Crippen LogP contribution in [0.3, 0.4) is 0 Å². The van der Waals surface area contributed by atoms with Gasteiger partial charge in [-0.1, -0.05) is 29.8 Å². The number of nitrogens with zero attached hydrogens (tertiary/aromatic N) is 3. The number of hydrogen-bond acceptors (Lipinski definition) is 4. The summed E-state index contributed by atoms with van der Waals surface area (Å²) in [6, 6.07) is 7.16. The average Bonchev–Trinajstić information content (AvgIpc) is 2.98. The predicted octanol–water partition coefficient (Wildman–Crippen LogP) is 2.47. The molecule has 0 aliphatic rings. The molecule has 0 fully saturated rings. The highest BCUT2D eigenvalue weighted by atomic mass is 35.5. The van der Waals surface area contributed by atoms with Gasteiger partial charge in [-0.15, -0.1) is 5.10 Å². The van der Waals surface area contributed by atoms with Gasteiger partial charge in [-0.2, -0.15) is 0 Å². The number of aliphatic carboxylic acids is 1. The van der Waals surface area contributed by atoms with Crippen molar-refractivity contribution in [1.29, 1.82) is 0 Å². The number of hydrogen-bond donors (Lipinski definition) is 2. The van der Waals surface area contributed by atoms with E-state index in [0.29, 0.717) is 36.5 Å². The largest absolute Gasteiger partial charge is 0.481 e. The first kappa shape index (κ1) is 17.9. The molecule has 1 aromatic carbocycles. The molecule has 0 bridgehead atoms. The van der Waals surface area contributed by atoms with Gasteiger partial charge in [0.1, 0.15) is 0 Å². The second kappa shape index (κ2) is 8.44. The molecule has 8 heteroatoms. The standard InChI is InChI=1S/C16H19ClN4O3/c1-2-13-15(16(24)18-9-4-3-8-14(22)23)19-20-21(13)12-7-5-6-11(17)10-12/h5-7,10H,2-4,8-9H2,1H3,(H,18,24)(H,22,23). The fraction of sp³-hybridized carbons (Fsp3) is 0.375. The monoisotopic (exact) mass is 350 g/mol. The molecule has 7 nitrogen and oxygen atoms in total. The molecule has 0 atom stereocenters. The first-order valence-electron chi connectivity index (χ1n) is 7.73. The maximum Gasteiger partial charge on any atom is 0.303 e. The molecule has 1 amide bonds. The van der Waals surface area contributed by atoms with Crippen LogP contribution in [0.2, 0.25) is 5.02 Å². The second-order valence-corrected chi connectivity index (χ2v) is 5.67. The number of carbonyl (C=O) groups is 2. The Bertz CT molecular complexity index is 730. The van der Waals surface area contributed by atoms with E-state index in [1.54, 1.807) is 22.9 Å². The zero-order valence-electron chi connectivity index (χ0n) is 13.3. The second-order valence-electron chi connectivity index (χ2n) is 5.24. The van der Waals surface area contributed by atoms with Gasteiger partial charge in [0, 0.05) is 18.0 Å². The first-order chi connectivity index (χ1) is 11.5. The van der Waals surface area contributed by atoms with Crippen LogP contribution in [0, 0.1) is 0 Å². The normalized spacial score (nSPS) is 10.6. The molecule has 1 aromatic heterocycles. The molecule has 0 aliphatic carbocycles. The third-order valence-electron chi connectivity index (χ3n) is 3.47. The Morgan fingerprint density at radius 1 is 1.33 bits per heavy atom. The lowest BCUT2D eigenvalue weighted by Crippen LogP contribution is -2.26. The van der Waals surface area contributed by atoms with Gasteiger partial charge in [-0.3, -0.25) is 9.59 Å². The van der Waals surface area contributed by atoms with Gasteiger partial charge < -0.3 is 10.4 Å². The Morgan fingerprint density at radius 3 is 2.79 bits per heavy atom. The van der Waals surface area contributed by atoms with Crippen molar-refractivity contribution in [3.05, 3.63) is 40.7 Å². The summed E-state index contributed by atoms with van der Waals surface area (Å²) in [6.07, 6.45) is 1.80. The highest BCUT2D eigenvalue weighted by Gasteiger charge is 2.19. The van der Waals surface area contributed by atoms with Gasteiger partial charge >= 0.3 is 5.97 Å². The number of carboxylic acids is 1. The summed E-state index contributed by atoms with van der Waals surface area (Å²) in [5.41, 5.74) is 1.71. The zero-order valence-corrected chi connectivity index (χ0v) is 14.1. The Morgan fingerprint density at radius 2 is 2.12 bits per heavy atom. The number of amides is 1. The van der Waals surface area contributed by atoms with Gasteiger partial charge in [-0.05, 0) is 37.5 Å². The lowest BCUT2D eigenvalue weighted by atomic mass is 10.2. The van der Waals surface area contributed by atoms with Crippen molar-refractivity contribution in [2.75, 3.05) is 6.54 Å². The Balaban J connectivity index is 2.05. The van der Waals surface area contributed by atoms with Gasteiger partial charge in [0.25, 0.3) is 5.91 Å². The minimum atomic E-state index is -0.834. The number of carboxylic acid groups (broad SMARTS) is 1. The molecule has 2 aromatic rings. The number of nitrogens with one attached hydrogen (secondary N) is 1. The maximum absolute atomic E-state index is 12.3. The predicted molar refractivity (Wildman–Crippen MR) is 89.6 cm³/mol. The summed E-state index contributed by atoms with van der Waals surface area (Å²) in [5, 5.41) is 19.9. The molecule has 2 N–H and O–H groups in total. The number of unbranched alkanes of at least 4 members (excludes halogenated alkanes) is 1. The molecule has 0 saturated heterocycles. The smallest absolute Gasteiger partial charge is 0.303 e. The van der Waals surface area contributed by atoms with Crippen molar-refractivity contribution < 1.29 is 14.7 Å². The highest BCUT2D eigenvalue weighted by molar-refractivity contribution is 6.30. The molecule has 0 saturated carbocycles. The summed E-state index contributed by atoms with van der Waals surface area (Å²) < 4.78 is 1.60. The van der Waals surface area contributed by atoms with Crippen molar-refractivity contribution in [3.8, 4) is 5.69 Å². The van der Waals surface area contributed by atoms with Gasteiger partial charge in [-0.25, -0.2) is 4.68 Å². The molecule has 0 spiro atoms. The molecule has 128 valence electrons. The Hall–Kier alpha value is -2.41. The van der Waals surface area contributed by atoms with E-state index >= 15 is 0 Å². The summed E-state index contributed by atoms with van der Waals surface area (Å²) >= 11 is 6.00. The minimum Gasteiger partial charge on any atom is -0.481 e. The lowest BCUT2D eigenvalue weighted by Gasteiger charge is -2.07. The van der Waals surface area contributed by atoms with Crippen LogP contribution >= 0.6 is 11.6 Å². The highest BCUT2D eigenvalue weighted by Crippen LogP contribution is 2.17. The van der Waals surface area contributed by atoms with Crippen LogP contribution in [0.15, 0.2) is 24.3 Å². The van der Waals surface area contributed by atoms with Crippen LogP contribution in [-0.4, -0.2) is 38.5 Å². The van der Waals surface area contributed by atoms with Crippen molar-refractivity contribution in [2.45, 2.75) is 32.6 Å². The topological polar surface area (TPSA) is 97.1 Å². The molecule has 0 radical (unpaired) electrons. The third-order valence-corrected chi connectivity index (χ3v) is 3.70. The van der Waals surface area contributed by atoms with E-state index in [4.69, 9.17) is 16.7 Å². The van der Waals surface area contributed by atoms with E-state index < -0.39 is 5.97 Å². The minimum absolute atomic E-state index is 0.0982. The van der Waals surface area contributed by atoms with Crippen LogP contribution in [0.1, 0.15) is 42.4 Å². The fourth-order valence-electron chi connectivity index (χ4n) is 2.30. The number of aromatic nitrogens is 3. The van der Waals surface area contributed by atoms with E-state index in [1.165, 1.54) is 0 Å². The van der Waals surface area contributed by atoms with Gasteiger partial charge in [0.2, 0.25) is 0 Å². The van der Waals surface area contributed by atoms with Crippen LogP contribution in [0.5, 0.6) is 0 Å². The van der Waals surface area contributed by atoms with E-state index in [0.717, 1.165) is 5.69 Å².